The van der Waals surface area contributed by atoms with Crippen LogP contribution in [-0.4, -0.2) is 52.4 Å². The Morgan fingerprint density at radius 2 is 1.56 bits per heavy atom. The van der Waals surface area contributed by atoms with Gasteiger partial charge in [-0.15, -0.1) is 0 Å². The van der Waals surface area contributed by atoms with Gasteiger partial charge >= 0.3 is 5.97 Å². The Hall–Kier alpha value is -1.89. The Balaban J connectivity index is 1.23. The van der Waals surface area contributed by atoms with Crippen molar-refractivity contribution in [1.82, 2.24) is 4.90 Å². The zero-order chi connectivity index (χ0) is 30.9. The van der Waals surface area contributed by atoms with Crippen LogP contribution in [0.5, 0.6) is 5.75 Å². The van der Waals surface area contributed by atoms with Crippen molar-refractivity contribution < 1.29 is 24.5 Å². The molecule has 0 aromatic heterocycles. The minimum Gasteiger partial charge on any atom is -0.481 e. The normalized spacial score (nSPS) is 26.3. The first-order valence-electron chi connectivity index (χ1n) is 17.5. The van der Waals surface area contributed by atoms with Crippen molar-refractivity contribution in [2.45, 2.75) is 166 Å². The number of ether oxygens (including phenoxy) is 2. The molecule has 0 radical (unpaired) electrons. The summed E-state index contributed by atoms with van der Waals surface area (Å²) in [4.78, 5) is 15.2. The van der Waals surface area contributed by atoms with Crippen molar-refractivity contribution in [3.8, 4) is 5.75 Å². The van der Waals surface area contributed by atoms with Crippen LogP contribution in [0.4, 0.5) is 0 Å². The van der Waals surface area contributed by atoms with Crippen molar-refractivity contribution in [2.75, 3.05) is 13.6 Å². The molecule has 6 heteroatoms. The molecule has 6 nitrogen and oxygen atoms in total. The van der Waals surface area contributed by atoms with Crippen molar-refractivity contribution in [1.29, 1.82) is 0 Å². The molecule has 4 atom stereocenters. The van der Waals surface area contributed by atoms with Gasteiger partial charge in [0.25, 0.3) is 0 Å². The molecule has 2 heterocycles. The SMILES string of the molecule is CCCCCCCCCCCCCCCCCC(=O)OC1=CC[C@@]2(O)[C@@H](C)N(C)CC[C@@]23c2c(C)ccc(CO)c2O[C@@H]13. The monoisotopic (exact) mass is 597 g/mol. The summed E-state index contributed by atoms with van der Waals surface area (Å²) in [5, 5.41) is 22.5. The fourth-order valence-corrected chi connectivity index (χ4v) is 8.02. The maximum absolute atomic E-state index is 13.0. The van der Waals surface area contributed by atoms with Crippen LogP contribution in [0.15, 0.2) is 24.0 Å². The number of rotatable bonds is 18. The molecule has 0 bridgehead atoms. The lowest BCUT2D eigenvalue weighted by molar-refractivity contribution is -0.162. The number of aryl methyl sites for hydroxylation is 1. The van der Waals surface area contributed by atoms with E-state index in [0.717, 1.165) is 30.5 Å². The number of likely N-dealkylation sites (tertiary alicyclic amines) is 1. The van der Waals surface area contributed by atoms with Crippen LogP contribution in [0.3, 0.4) is 0 Å². The molecule has 0 saturated carbocycles. The molecule has 2 aliphatic heterocycles. The molecule has 4 rings (SSSR count). The quantitative estimate of drug-likeness (QED) is 0.132. The summed E-state index contributed by atoms with van der Waals surface area (Å²) < 4.78 is 12.6. The molecule has 43 heavy (non-hydrogen) atoms. The van der Waals surface area contributed by atoms with Crippen LogP contribution < -0.4 is 4.74 Å². The second-order valence-corrected chi connectivity index (χ2v) is 13.7. The molecule has 1 aromatic rings. The predicted molar refractivity (Wildman–Crippen MR) is 173 cm³/mol. The fourth-order valence-electron chi connectivity index (χ4n) is 8.02. The van der Waals surface area contributed by atoms with Crippen LogP contribution in [0.25, 0.3) is 0 Å². The van der Waals surface area contributed by atoms with Gasteiger partial charge in [-0.1, -0.05) is 109 Å². The van der Waals surface area contributed by atoms with E-state index < -0.39 is 17.1 Å². The number of likely N-dealkylation sites (N-methyl/N-ethyl adjacent to an activating group) is 1. The minimum absolute atomic E-state index is 0.107. The van der Waals surface area contributed by atoms with E-state index in [2.05, 4.69) is 25.8 Å². The first-order chi connectivity index (χ1) is 20.8. The minimum atomic E-state index is -1.08. The third-order valence-electron chi connectivity index (χ3n) is 10.8. The summed E-state index contributed by atoms with van der Waals surface area (Å²) in [6.45, 7) is 7.05. The number of aliphatic hydroxyl groups excluding tert-OH is 1. The zero-order valence-corrected chi connectivity index (χ0v) is 27.6. The van der Waals surface area contributed by atoms with E-state index >= 15 is 0 Å². The average Bonchev–Trinajstić information content (AvgIpc) is 3.36. The highest BCUT2D eigenvalue weighted by Gasteiger charge is 2.69. The molecule has 0 amide bonds. The van der Waals surface area contributed by atoms with E-state index in [9.17, 15) is 15.0 Å². The van der Waals surface area contributed by atoms with E-state index in [4.69, 9.17) is 9.47 Å². The molecule has 1 fully saturated rings. The number of carbonyl (C=O) groups excluding carboxylic acids is 1. The van der Waals surface area contributed by atoms with Gasteiger partial charge in [-0.3, -0.25) is 4.79 Å². The highest BCUT2D eigenvalue weighted by atomic mass is 16.6. The van der Waals surface area contributed by atoms with Gasteiger partial charge in [0.15, 0.2) is 6.10 Å². The van der Waals surface area contributed by atoms with Gasteiger partial charge in [0.05, 0.1) is 17.6 Å². The molecule has 1 aromatic carbocycles. The number of fused-ring (bicyclic) bond motifs is 1. The Morgan fingerprint density at radius 1 is 0.977 bits per heavy atom. The lowest BCUT2D eigenvalue weighted by Gasteiger charge is -2.58. The van der Waals surface area contributed by atoms with Gasteiger partial charge in [-0.2, -0.15) is 0 Å². The average molecular weight is 598 g/mol. The number of hydrogen-bond donors (Lipinski definition) is 2. The number of benzene rings is 1. The molecule has 1 saturated heterocycles. The molecular formula is C37H59NO5. The van der Waals surface area contributed by atoms with Gasteiger partial charge < -0.3 is 24.6 Å². The second-order valence-electron chi connectivity index (χ2n) is 13.7. The second kappa shape index (κ2) is 15.9. The first-order valence-corrected chi connectivity index (χ1v) is 17.5. The summed E-state index contributed by atoms with van der Waals surface area (Å²) in [6, 6.07) is 3.80. The van der Waals surface area contributed by atoms with Crippen LogP contribution in [-0.2, 0) is 21.6 Å². The van der Waals surface area contributed by atoms with Crippen molar-refractivity contribution >= 4 is 5.97 Å². The number of unbranched alkanes of at least 4 members (excludes halogenated alkanes) is 14. The Morgan fingerprint density at radius 3 is 2.14 bits per heavy atom. The summed E-state index contributed by atoms with van der Waals surface area (Å²) in [5.74, 6) is 0.946. The van der Waals surface area contributed by atoms with E-state index in [0.29, 0.717) is 36.3 Å². The molecule has 2 N–H and O–H groups in total. The highest BCUT2D eigenvalue weighted by molar-refractivity contribution is 5.71. The van der Waals surface area contributed by atoms with Gasteiger partial charge in [-0.05, 0) is 51.9 Å². The van der Waals surface area contributed by atoms with Crippen LogP contribution in [0.2, 0.25) is 0 Å². The number of piperidine rings is 1. The molecule has 1 aliphatic carbocycles. The van der Waals surface area contributed by atoms with Crippen LogP contribution in [0, 0.1) is 6.92 Å². The fraction of sp³-hybridized carbons (Fsp3) is 0.757. The largest absolute Gasteiger partial charge is 0.481 e. The maximum atomic E-state index is 13.0. The summed E-state index contributed by atoms with van der Waals surface area (Å²) in [5.41, 5.74) is 0.897. The first kappa shape index (κ1) is 34.0. The summed E-state index contributed by atoms with van der Waals surface area (Å²) in [6.07, 6.45) is 22.1. The van der Waals surface area contributed by atoms with Crippen LogP contribution in [0.1, 0.15) is 146 Å². The topological polar surface area (TPSA) is 79.2 Å². The van der Waals surface area contributed by atoms with Crippen molar-refractivity contribution in [3.63, 3.8) is 0 Å². The van der Waals surface area contributed by atoms with E-state index in [1.165, 1.54) is 83.5 Å². The number of carbonyl (C=O) groups is 1. The number of esters is 1. The standard InChI is InChI=1S/C37H59NO5/c1-5-6-7-8-9-10-11-12-13-14-15-16-17-18-19-20-32(40)42-31-23-24-37(41)29(3)38(4)26-25-36(37)33-28(2)21-22-30(27-39)34(33)43-35(31)36/h21-23,29,35,39,41H,5-20,24-27H2,1-4H3/t29-,35+,36+,37-/m1/s1. The van der Waals surface area contributed by atoms with Gasteiger partial charge in [-0.25, -0.2) is 0 Å². The highest BCUT2D eigenvalue weighted by Crippen LogP contribution is 2.61. The van der Waals surface area contributed by atoms with Crippen molar-refractivity contribution in [3.05, 3.63) is 40.7 Å². The van der Waals surface area contributed by atoms with E-state index in [1.54, 1.807) is 0 Å². The molecular weight excluding hydrogens is 538 g/mol. The number of hydrogen-bond acceptors (Lipinski definition) is 6. The van der Waals surface area contributed by atoms with Crippen LogP contribution >= 0.6 is 0 Å². The van der Waals surface area contributed by atoms with Crippen molar-refractivity contribution in [2.24, 2.45) is 0 Å². The Labute approximate surface area is 261 Å². The summed E-state index contributed by atoms with van der Waals surface area (Å²) >= 11 is 0. The molecule has 3 aliphatic rings. The third-order valence-corrected chi connectivity index (χ3v) is 10.8. The number of nitrogens with zero attached hydrogens (tertiary/aromatic N) is 1. The van der Waals surface area contributed by atoms with E-state index in [1.807, 2.05) is 25.1 Å². The molecule has 242 valence electrons. The molecule has 1 spiro atoms. The maximum Gasteiger partial charge on any atom is 0.310 e. The lowest BCUT2D eigenvalue weighted by Crippen LogP contribution is -2.71. The Kier molecular flexibility index (Phi) is 12.6. The molecule has 0 unspecified atom stereocenters. The summed E-state index contributed by atoms with van der Waals surface area (Å²) in [7, 11) is 2.05. The van der Waals surface area contributed by atoms with Gasteiger partial charge in [0.2, 0.25) is 0 Å². The van der Waals surface area contributed by atoms with E-state index in [-0.39, 0.29) is 18.6 Å². The zero-order valence-electron chi connectivity index (χ0n) is 27.6. The third kappa shape index (κ3) is 7.34. The van der Waals surface area contributed by atoms with Gasteiger partial charge in [0, 0.05) is 30.0 Å². The predicted octanol–water partition coefficient (Wildman–Crippen LogP) is 8.03. The van der Waals surface area contributed by atoms with Gasteiger partial charge in [0.1, 0.15) is 11.5 Å². The smallest absolute Gasteiger partial charge is 0.310 e. The number of aliphatic hydroxyl groups is 2. The Bertz CT molecular complexity index is 1090. The lowest BCUT2D eigenvalue weighted by atomic mass is 9.54.